The molecule has 6 nitrogen and oxygen atoms in total. The van der Waals surface area contributed by atoms with Gasteiger partial charge in [0.1, 0.15) is 28.2 Å². The van der Waals surface area contributed by atoms with Gasteiger partial charge in [-0.25, -0.2) is 9.97 Å². The van der Waals surface area contributed by atoms with Crippen molar-refractivity contribution in [2.45, 2.75) is 38.0 Å². The number of hydrogen-bond donors (Lipinski definition) is 1. The summed E-state index contributed by atoms with van der Waals surface area (Å²) in [7, 11) is 0. The molecule has 0 spiro atoms. The van der Waals surface area contributed by atoms with Crippen LogP contribution in [0, 0.1) is 25.2 Å². The number of carbonyl (C=O) groups excluding carboxylic acids is 1. The molecule has 2 aromatic rings. The molecule has 0 saturated heterocycles. The maximum Gasteiger partial charge on any atom is 0.237 e. The Morgan fingerprint density at radius 3 is 2.60 bits per heavy atom. The Labute approximate surface area is 151 Å². The van der Waals surface area contributed by atoms with E-state index in [2.05, 4.69) is 21.4 Å². The predicted octanol–water partition coefficient (Wildman–Crippen LogP) is 3.48. The molecule has 130 valence electrons. The average Bonchev–Trinajstić information content (AvgIpc) is 2.56. The number of aromatic nitrogens is 2. The van der Waals surface area contributed by atoms with Gasteiger partial charge in [-0.15, -0.1) is 0 Å². The van der Waals surface area contributed by atoms with Crippen LogP contribution in [0.25, 0.3) is 0 Å². The highest BCUT2D eigenvalue weighted by atomic mass is 32.2. The van der Waals surface area contributed by atoms with Crippen LogP contribution in [0.5, 0.6) is 5.75 Å². The smallest absolute Gasteiger partial charge is 0.237 e. The Bertz CT molecular complexity index is 800. The molecule has 1 aromatic heterocycles. The van der Waals surface area contributed by atoms with Gasteiger partial charge in [0.2, 0.25) is 5.91 Å². The quantitative estimate of drug-likeness (QED) is 0.630. The number of nitrogens with zero attached hydrogens (tertiary/aromatic N) is 3. The maximum atomic E-state index is 12.4. The van der Waals surface area contributed by atoms with Gasteiger partial charge in [0.15, 0.2) is 0 Å². The minimum absolute atomic E-state index is 0.160. The summed E-state index contributed by atoms with van der Waals surface area (Å²) >= 11 is 1.25. The summed E-state index contributed by atoms with van der Waals surface area (Å²) in [5, 5.41) is 12.3. The molecule has 0 aliphatic rings. The molecule has 0 aliphatic heterocycles. The van der Waals surface area contributed by atoms with Crippen LogP contribution in [-0.2, 0) is 4.79 Å². The van der Waals surface area contributed by atoms with Gasteiger partial charge in [-0.3, -0.25) is 4.79 Å². The fourth-order valence-corrected chi connectivity index (χ4v) is 3.16. The Morgan fingerprint density at radius 2 is 2.00 bits per heavy atom. The molecular formula is C18H20N4O2S. The molecule has 1 amide bonds. The topological polar surface area (TPSA) is 87.9 Å². The van der Waals surface area contributed by atoms with Crippen molar-refractivity contribution in [3.8, 4) is 11.8 Å². The molecule has 1 unspecified atom stereocenters. The number of nitriles is 1. The van der Waals surface area contributed by atoms with Gasteiger partial charge in [-0.05, 0) is 52.0 Å². The largest absolute Gasteiger partial charge is 0.494 e. The molecule has 7 heteroatoms. The highest BCUT2D eigenvalue weighted by Gasteiger charge is 2.19. The number of carbonyl (C=O) groups is 1. The van der Waals surface area contributed by atoms with Crippen LogP contribution in [0.4, 0.5) is 5.69 Å². The molecule has 0 radical (unpaired) electrons. The minimum Gasteiger partial charge on any atom is -0.494 e. The van der Waals surface area contributed by atoms with Gasteiger partial charge >= 0.3 is 0 Å². The summed E-state index contributed by atoms with van der Waals surface area (Å²) in [6, 6.07) is 9.31. The van der Waals surface area contributed by atoms with Gasteiger partial charge in [-0.2, -0.15) is 5.26 Å². The number of rotatable bonds is 6. The van der Waals surface area contributed by atoms with E-state index >= 15 is 0 Å². The Hall–Kier alpha value is -2.59. The number of nitrogens with one attached hydrogen (secondary N) is 1. The van der Waals surface area contributed by atoms with Gasteiger partial charge in [-0.1, -0.05) is 11.8 Å². The van der Waals surface area contributed by atoms with E-state index in [1.807, 2.05) is 19.1 Å². The summed E-state index contributed by atoms with van der Waals surface area (Å²) in [5.74, 6) is 1.18. The third-order valence-corrected chi connectivity index (χ3v) is 4.46. The second kappa shape index (κ2) is 8.49. The van der Waals surface area contributed by atoms with E-state index in [1.54, 1.807) is 32.9 Å². The predicted molar refractivity (Wildman–Crippen MR) is 97.8 cm³/mol. The standard InChI is InChI=1S/C18H20N4O2S/c1-5-24-15-8-6-14(7-9-15)22-17(23)12(3)25-18-16(10-19)11(2)20-13(4)21-18/h6-9,12H,5H2,1-4H3,(H,22,23). The molecule has 0 aliphatic carbocycles. The second-order valence-electron chi connectivity index (χ2n) is 5.35. The SMILES string of the molecule is CCOc1ccc(NC(=O)C(C)Sc2nc(C)nc(C)c2C#N)cc1. The first kappa shape index (κ1) is 18.7. The van der Waals surface area contributed by atoms with Crippen molar-refractivity contribution in [2.24, 2.45) is 0 Å². The van der Waals surface area contributed by atoms with E-state index in [0.29, 0.717) is 34.4 Å². The number of anilines is 1. The summed E-state index contributed by atoms with van der Waals surface area (Å²) in [4.78, 5) is 20.9. The van der Waals surface area contributed by atoms with Crippen LogP contribution in [0.1, 0.15) is 30.9 Å². The van der Waals surface area contributed by atoms with Crippen LogP contribution in [0.3, 0.4) is 0 Å². The minimum atomic E-state index is -0.410. The highest BCUT2D eigenvalue weighted by molar-refractivity contribution is 8.00. The van der Waals surface area contributed by atoms with Crippen LogP contribution in [0.15, 0.2) is 29.3 Å². The summed E-state index contributed by atoms with van der Waals surface area (Å²) in [6.45, 7) is 7.83. The van der Waals surface area contributed by atoms with Crippen LogP contribution in [-0.4, -0.2) is 27.7 Å². The van der Waals surface area contributed by atoms with Crippen molar-refractivity contribution < 1.29 is 9.53 Å². The van der Waals surface area contributed by atoms with Crippen molar-refractivity contribution in [1.29, 1.82) is 5.26 Å². The van der Waals surface area contributed by atoms with Crippen molar-refractivity contribution >= 4 is 23.4 Å². The Balaban J connectivity index is 2.07. The molecule has 1 heterocycles. The molecule has 25 heavy (non-hydrogen) atoms. The lowest BCUT2D eigenvalue weighted by atomic mass is 10.3. The molecular weight excluding hydrogens is 336 g/mol. The summed E-state index contributed by atoms with van der Waals surface area (Å²) in [6.07, 6.45) is 0. The van der Waals surface area contributed by atoms with Crippen LogP contribution < -0.4 is 10.1 Å². The Morgan fingerprint density at radius 1 is 1.32 bits per heavy atom. The van der Waals surface area contributed by atoms with Crippen LogP contribution in [0.2, 0.25) is 0 Å². The number of ether oxygens (including phenoxy) is 1. The molecule has 2 rings (SSSR count). The normalized spacial score (nSPS) is 11.5. The van der Waals surface area contributed by atoms with Crippen molar-refractivity contribution in [2.75, 3.05) is 11.9 Å². The van der Waals surface area contributed by atoms with Gasteiger partial charge in [0.05, 0.1) is 17.6 Å². The van der Waals surface area contributed by atoms with Gasteiger partial charge in [0, 0.05) is 5.69 Å². The zero-order valence-corrected chi connectivity index (χ0v) is 15.5. The monoisotopic (exact) mass is 356 g/mol. The van der Waals surface area contributed by atoms with Gasteiger partial charge in [0.25, 0.3) is 0 Å². The number of benzene rings is 1. The molecule has 1 atom stereocenters. The fraction of sp³-hybridized carbons (Fsp3) is 0.333. The lowest BCUT2D eigenvalue weighted by molar-refractivity contribution is -0.115. The van der Waals surface area contributed by atoms with E-state index < -0.39 is 5.25 Å². The van der Waals surface area contributed by atoms with Crippen LogP contribution >= 0.6 is 11.8 Å². The lowest BCUT2D eigenvalue weighted by Crippen LogP contribution is -2.22. The summed E-state index contributed by atoms with van der Waals surface area (Å²) < 4.78 is 5.38. The number of hydrogen-bond acceptors (Lipinski definition) is 6. The van der Waals surface area contributed by atoms with E-state index in [1.165, 1.54) is 11.8 Å². The van der Waals surface area contributed by atoms with E-state index in [0.717, 1.165) is 5.75 Å². The zero-order chi connectivity index (χ0) is 18.4. The number of amides is 1. The Kier molecular flexibility index (Phi) is 6.37. The second-order valence-corrected chi connectivity index (χ2v) is 6.68. The van der Waals surface area contributed by atoms with Crippen molar-refractivity contribution in [1.82, 2.24) is 9.97 Å². The lowest BCUT2D eigenvalue weighted by Gasteiger charge is -2.13. The fourth-order valence-electron chi connectivity index (χ4n) is 2.16. The molecule has 0 fully saturated rings. The van der Waals surface area contributed by atoms with Gasteiger partial charge < -0.3 is 10.1 Å². The van der Waals surface area contributed by atoms with E-state index in [9.17, 15) is 10.1 Å². The maximum absolute atomic E-state index is 12.4. The molecule has 0 bridgehead atoms. The number of thioether (sulfide) groups is 1. The van der Waals surface area contributed by atoms with Crippen molar-refractivity contribution in [3.63, 3.8) is 0 Å². The first-order valence-electron chi connectivity index (χ1n) is 7.90. The highest BCUT2D eigenvalue weighted by Crippen LogP contribution is 2.27. The summed E-state index contributed by atoms with van der Waals surface area (Å²) in [5.41, 5.74) is 1.73. The molecule has 1 N–H and O–H groups in total. The third kappa shape index (κ3) is 4.94. The zero-order valence-electron chi connectivity index (χ0n) is 14.7. The number of aryl methyl sites for hydroxylation is 2. The van der Waals surface area contributed by atoms with E-state index in [4.69, 9.17) is 4.74 Å². The first-order chi connectivity index (χ1) is 11.9. The average molecular weight is 356 g/mol. The first-order valence-corrected chi connectivity index (χ1v) is 8.78. The van der Waals surface area contributed by atoms with Crippen molar-refractivity contribution in [3.05, 3.63) is 41.3 Å². The van der Waals surface area contributed by atoms with E-state index in [-0.39, 0.29) is 5.91 Å². The molecule has 1 aromatic carbocycles. The third-order valence-electron chi connectivity index (χ3n) is 3.37. The molecule has 0 saturated carbocycles.